The highest BCUT2D eigenvalue weighted by Crippen LogP contribution is 2.52. The molecule has 164 valence electrons. The number of nitrogens with two attached hydrogens (primary N) is 1. The summed E-state index contributed by atoms with van der Waals surface area (Å²) in [5, 5.41) is 0.958. The maximum absolute atomic E-state index is 14.6. The van der Waals surface area contributed by atoms with E-state index in [9.17, 15) is 14.0 Å². The number of esters is 1. The molecule has 1 aliphatic heterocycles. The van der Waals surface area contributed by atoms with Gasteiger partial charge in [-0.15, -0.1) is 0 Å². The van der Waals surface area contributed by atoms with Gasteiger partial charge >= 0.3 is 5.97 Å². The number of ketones is 1. The number of allylic oxidation sites excluding steroid dienone is 2. The third-order valence-corrected chi connectivity index (χ3v) is 8.29. The van der Waals surface area contributed by atoms with Gasteiger partial charge in [0.25, 0.3) is 0 Å². The molecule has 2 heterocycles. The highest BCUT2D eigenvalue weighted by atomic mass is 35.5. The standard InChI is InChI=1S/C25H22ClFN2O3/c1-3-25(2)15-7-11-12(23(30)14(15)9-32-24(25)31)6-13-19-17(28)5-4-10-20(19)18(29-22(11)13)8-16(27)21(10)26/h7-8,12,17H,3-6,9,28H2,1-2H3/t12?,17?,25-/m1/s1. The molecule has 3 aliphatic carbocycles. The van der Waals surface area contributed by atoms with Gasteiger partial charge in [-0.3, -0.25) is 9.59 Å². The predicted molar refractivity (Wildman–Crippen MR) is 119 cm³/mol. The normalized spacial score (nSPS) is 28.3. The van der Waals surface area contributed by atoms with E-state index in [0.29, 0.717) is 42.5 Å². The Labute approximate surface area is 189 Å². The molecule has 2 aromatic rings. The summed E-state index contributed by atoms with van der Waals surface area (Å²) >= 11 is 6.30. The summed E-state index contributed by atoms with van der Waals surface area (Å²) in [4.78, 5) is 31.0. The van der Waals surface area contributed by atoms with Crippen molar-refractivity contribution < 1.29 is 18.7 Å². The number of carbonyl (C=O) groups excluding carboxylic acids is 2. The number of fused-ring (bicyclic) bond motifs is 4. The average molecular weight is 453 g/mol. The number of cyclic esters (lactones) is 1. The molecule has 1 aromatic carbocycles. The fourth-order valence-corrected chi connectivity index (χ4v) is 6.15. The molecule has 0 fully saturated rings. The van der Waals surface area contributed by atoms with Gasteiger partial charge in [-0.1, -0.05) is 24.6 Å². The summed E-state index contributed by atoms with van der Waals surface area (Å²) < 4.78 is 20.0. The Morgan fingerprint density at radius 3 is 2.88 bits per heavy atom. The number of aromatic nitrogens is 1. The molecular weight excluding hydrogens is 431 g/mol. The van der Waals surface area contributed by atoms with Crippen molar-refractivity contribution in [1.82, 2.24) is 4.98 Å². The zero-order chi connectivity index (χ0) is 22.5. The lowest BCUT2D eigenvalue weighted by molar-refractivity contribution is -0.153. The van der Waals surface area contributed by atoms with Gasteiger partial charge < -0.3 is 10.5 Å². The molecule has 32 heavy (non-hydrogen) atoms. The van der Waals surface area contributed by atoms with Crippen LogP contribution in [0.4, 0.5) is 4.39 Å². The van der Waals surface area contributed by atoms with E-state index >= 15 is 0 Å². The van der Waals surface area contributed by atoms with Gasteiger partial charge in [0.2, 0.25) is 0 Å². The largest absolute Gasteiger partial charge is 0.460 e. The molecule has 0 bridgehead atoms. The van der Waals surface area contributed by atoms with Crippen molar-refractivity contribution in [2.75, 3.05) is 6.61 Å². The first-order valence-corrected chi connectivity index (χ1v) is 11.4. The highest BCUT2D eigenvalue weighted by Gasteiger charge is 2.49. The van der Waals surface area contributed by atoms with Gasteiger partial charge in [0.05, 0.1) is 27.6 Å². The Morgan fingerprint density at radius 2 is 2.12 bits per heavy atom. The number of aryl methyl sites for hydroxylation is 1. The van der Waals surface area contributed by atoms with Crippen LogP contribution >= 0.6 is 11.6 Å². The van der Waals surface area contributed by atoms with Crippen LogP contribution in [0.25, 0.3) is 16.5 Å². The lowest BCUT2D eigenvalue weighted by atomic mass is 9.70. The van der Waals surface area contributed by atoms with Crippen LogP contribution in [0.1, 0.15) is 55.1 Å². The minimum Gasteiger partial charge on any atom is -0.460 e. The van der Waals surface area contributed by atoms with Crippen molar-refractivity contribution in [3.8, 4) is 0 Å². The van der Waals surface area contributed by atoms with Crippen molar-refractivity contribution in [1.29, 1.82) is 0 Å². The van der Waals surface area contributed by atoms with Crippen molar-refractivity contribution in [3.63, 3.8) is 0 Å². The first-order chi connectivity index (χ1) is 15.3. The van der Waals surface area contributed by atoms with Crippen LogP contribution < -0.4 is 5.73 Å². The number of carbonyl (C=O) groups is 2. The third kappa shape index (κ3) is 2.34. The van der Waals surface area contributed by atoms with Gasteiger partial charge in [0, 0.05) is 23.1 Å². The Balaban J connectivity index is 1.64. The highest BCUT2D eigenvalue weighted by molar-refractivity contribution is 6.32. The maximum Gasteiger partial charge on any atom is 0.316 e. The smallest absolute Gasteiger partial charge is 0.316 e. The summed E-state index contributed by atoms with van der Waals surface area (Å²) in [6, 6.07) is 1.13. The molecule has 0 saturated heterocycles. The molecule has 0 amide bonds. The van der Waals surface area contributed by atoms with Crippen LogP contribution in [-0.2, 0) is 27.2 Å². The van der Waals surface area contributed by atoms with E-state index in [-0.39, 0.29) is 35.3 Å². The molecule has 2 unspecified atom stereocenters. The van der Waals surface area contributed by atoms with E-state index in [1.165, 1.54) is 6.07 Å². The molecule has 1 aromatic heterocycles. The monoisotopic (exact) mass is 452 g/mol. The number of pyridine rings is 1. The summed E-state index contributed by atoms with van der Waals surface area (Å²) in [6.45, 7) is 3.74. The van der Waals surface area contributed by atoms with E-state index in [1.54, 1.807) is 0 Å². The fourth-order valence-electron chi connectivity index (χ4n) is 5.90. The molecule has 3 atom stereocenters. The molecular formula is C25H22ClFN2O3. The Bertz CT molecular complexity index is 1340. The van der Waals surface area contributed by atoms with E-state index < -0.39 is 11.2 Å². The third-order valence-electron chi connectivity index (χ3n) is 7.88. The van der Waals surface area contributed by atoms with Crippen LogP contribution in [0.3, 0.4) is 0 Å². The molecule has 7 heteroatoms. The lowest BCUT2D eigenvalue weighted by Crippen LogP contribution is -2.40. The van der Waals surface area contributed by atoms with E-state index in [2.05, 4.69) is 0 Å². The molecule has 0 saturated carbocycles. The van der Waals surface area contributed by atoms with Gasteiger partial charge in [0.1, 0.15) is 12.4 Å². The summed E-state index contributed by atoms with van der Waals surface area (Å²) in [5.74, 6) is -1.22. The quantitative estimate of drug-likeness (QED) is 0.649. The molecule has 0 spiro atoms. The van der Waals surface area contributed by atoms with Crippen LogP contribution in [0.5, 0.6) is 0 Å². The topological polar surface area (TPSA) is 82.3 Å². The number of nitrogens with zero attached hydrogens (tertiary/aromatic N) is 1. The van der Waals surface area contributed by atoms with Gasteiger partial charge in [-0.2, -0.15) is 0 Å². The van der Waals surface area contributed by atoms with Crippen LogP contribution in [0.15, 0.2) is 23.3 Å². The van der Waals surface area contributed by atoms with Crippen molar-refractivity contribution in [3.05, 3.63) is 56.5 Å². The molecule has 6 rings (SSSR count). The number of ether oxygens (including phenoxy) is 1. The number of benzene rings is 1. The van der Waals surface area contributed by atoms with Crippen LogP contribution in [-0.4, -0.2) is 23.3 Å². The van der Waals surface area contributed by atoms with Crippen LogP contribution in [0, 0.1) is 17.2 Å². The van der Waals surface area contributed by atoms with Crippen molar-refractivity contribution in [2.45, 2.75) is 45.6 Å². The first-order valence-electron chi connectivity index (χ1n) is 11.0. The van der Waals surface area contributed by atoms with Gasteiger partial charge in [-0.25, -0.2) is 9.37 Å². The maximum atomic E-state index is 14.6. The van der Waals surface area contributed by atoms with Crippen LogP contribution in [0.2, 0.25) is 5.02 Å². The Hall–Kier alpha value is -2.57. The minimum absolute atomic E-state index is 0.00591. The second-order valence-electron chi connectivity index (χ2n) is 9.42. The number of rotatable bonds is 1. The zero-order valence-electron chi connectivity index (χ0n) is 17.9. The fraction of sp³-hybridized carbons (Fsp3) is 0.400. The number of hydrogen-bond acceptors (Lipinski definition) is 5. The molecule has 2 N–H and O–H groups in total. The molecule has 4 aliphatic rings. The molecule has 5 nitrogen and oxygen atoms in total. The lowest BCUT2D eigenvalue weighted by Gasteiger charge is -2.37. The second kappa shape index (κ2) is 6.49. The second-order valence-corrected chi connectivity index (χ2v) is 9.80. The first kappa shape index (κ1) is 20.1. The summed E-state index contributed by atoms with van der Waals surface area (Å²) in [5.41, 5.74) is 11.6. The van der Waals surface area contributed by atoms with Crippen molar-refractivity contribution in [2.24, 2.45) is 17.1 Å². The number of Topliss-reactive ketones (excluding diaryl/α,β-unsaturated/α-hetero) is 1. The number of halogens is 2. The Morgan fingerprint density at radius 1 is 1.34 bits per heavy atom. The van der Waals surface area contributed by atoms with Gasteiger partial charge in [0.15, 0.2) is 5.78 Å². The average Bonchev–Trinajstić information content (AvgIpc) is 3.14. The molecule has 0 radical (unpaired) electrons. The van der Waals surface area contributed by atoms with Crippen molar-refractivity contribution >= 4 is 39.8 Å². The Kier molecular flexibility index (Phi) is 4.07. The summed E-state index contributed by atoms with van der Waals surface area (Å²) in [6.07, 6.45) is 4.23. The zero-order valence-corrected chi connectivity index (χ0v) is 18.6. The predicted octanol–water partition coefficient (Wildman–Crippen LogP) is 4.38. The number of hydrogen-bond donors (Lipinski definition) is 1. The minimum atomic E-state index is -0.877. The van der Waals surface area contributed by atoms with E-state index in [4.69, 9.17) is 27.1 Å². The van der Waals surface area contributed by atoms with E-state index in [0.717, 1.165) is 33.2 Å². The SMILES string of the molecule is CC[C@@]1(C)C(=O)OCC2=C1C=C1c3nc4cc(F)c(Cl)c5c4c(c3CC1C2=O)C(N)CC5. The van der Waals surface area contributed by atoms with Gasteiger partial charge in [-0.05, 0) is 60.4 Å². The van der Waals surface area contributed by atoms with E-state index in [1.807, 2.05) is 19.9 Å². The summed E-state index contributed by atoms with van der Waals surface area (Å²) in [7, 11) is 0.